The first-order chi connectivity index (χ1) is 9.28. The Kier molecular flexibility index (Phi) is 2.88. The van der Waals surface area contributed by atoms with Crippen molar-refractivity contribution in [2.75, 3.05) is 11.9 Å². The Morgan fingerprint density at radius 2 is 1.63 bits per heavy atom. The van der Waals surface area contributed by atoms with E-state index >= 15 is 0 Å². The summed E-state index contributed by atoms with van der Waals surface area (Å²) in [5.41, 5.74) is 2.90. The summed E-state index contributed by atoms with van der Waals surface area (Å²) in [4.78, 5) is 9.28. The summed E-state index contributed by atoms with van der Waals surface area (Å²) < 4.78 is 0. The maximum absolute atomic E-state index is 4.66. The zero-order valence-corrected chi connectivity index (χ0v) is 10.9. The molecule has 94 valence electrons. The van der Waals surface area contributed by atoms with Crippen LogP contribution in [0.4, 0.5) is 5.82 Å². The lowest BCUT2D eigenvalue weighted by atomic mass is 10.1. The molecule has 0 saturated heterocycles. The minimum atomic E-state index is 0.704. The predicted molar refractivity (Wildman–Crippen MR) is 80.5 cm³/mol. The number of pyridine rings is 2. The van der Waals surface area contributed by atoms with Crippen molar-refractivity contribution >= 4 is 27.6 Å². The Balaban J connectivity index is 2.25. The highest BCUT2D eigenvalue weighted by atomic mass is 15.0. The Morgan fingerprint density at radius 3 is 2.37 bits per heavy atom. The van der Waals surface area contributed by atoms with Crippen LogP contribution in [0.1, 0.15) is 5.69 Å². The average Bonchev–Trinajstić information content (AvgIpc) is 2.44. The Bertz CT molecular complexity index is 762. The number of anilines is 1. The van der Waals surface area contributed by atoms with Gasteiger partial charge < -0.3 is 5.32 Å². The van der Waals surface area contributed by atoms with Crippen LogP contribution in [0.15, 0.2) is 49.1 Å². The topological polar surface area (TPSA) is 37.8 Å². The predicted octanol–water partition coefficient (Wildman–Crippen LogP) is 3.69. The van der Waals surface area contributed by atoms with Gasteiger partial charge in [0.15, 0.2) is 0 Å². The van der Waals surface area contributed by atoms with E-state index in [1.165, 1.54) is 0 Å². The van der Waals surface area contributed by atoms with Crippen LogP contribution in [0.5, 0.6) is 0 Å². The number of aromatic nitrogens is 2. The van der Waals surface area contributed by atoms with Gasteiger partial charge in [-0.05, 0) is 25.1 Å². The van der Waals surface area contributed by atoms with Crippen molar-refractivity contribution in [3.63, 3.8) is 0 Å². The molecule has 0 unspecified atom stereocenters. The molecule has 0 fully saturated rings. The molecule has 0 bridgehead atoms. The number of benzene rings is 1. The zero-order valence-electron chi connectivity index (χ0n) is 10.9. The molecule has 0 aliphatic rings. The minimum Gasteiger partial charge on any atom is -0.367 e. The minimum absolute atomic E-state index is 0.704. The lowest BCUT2D eigenvalue weighted by molar-refractivity contribution is 1.24. The fraction of sp³-hybridized carbons (Fsp3) is 0.125. The van der Waals surface area contributed by atoms with Gasteiger partial charge in [-0.25, -0.2) is 4.98 Å². The number of aryl methyl sites for hydroxylation is 1. The van der Waals surface area contributed by atoms with Crippen LogP contribution in [0, 0.1) is 6.92 Å². The molecule has 0 aliphatic carbocycles. The summed E-state index contributed by atoms with van der Waals surface area (Å²) in [7, 11) is 0. The Morgan fingerprint density at radius 1 is 1.00 bits per heavy atom. The zero-order chi connectivity index (χ0) is 13.2. The second-order valence-corrected chi connectivity index (χ2v) is 4.53. The van der Waals surface area contributed by atoms with Crippen molar-refractivity contribution in [2.45, 2.75) is 6.92 Å². The molecule has 1 N–H and O–H groups in total. The van der Waals surface area contributed by atoms with E-state index in [9.17, 15) is 0 Å². The third kappa shape index (κ3) is 2.15. The van der Waals surface area contributed by atoms with Crippen LogP contribution in [0.3, 0.4) is 0 Å². The van der Waals surface area contributed by atoms with Crippen LogP contribution < -0.4 is 5.32 Å². The standard InChI is InChI=1S/C16H15N3/c1-3-10-17-14-9-8-13-7-6-12-5-4-11(2)18-15(12)16(13)19-14/h3-9H,1,10H2,2H3,(H,17,19). The lowest BCUT2D eigenvalue weighted by Gasteiger charge is -2.07. The maximum Gasteiger partial charge on any atom is 0.126 e. The molecule has 2 heterocycles. The summed E-state index contributed by atoms with van der Waals surface area (Å²) in [6.45, 7) is 6.40. The molecule has 3 rings (SSSR count). The normalized spacial score (nSPS) is 10.8. The van der Waals surface area contributed by atoms with Gasteiger partial charge in [-0.2, -0.15) is 0 Å². The first-order valence-electron chi connectivity index (χ1n) is 6.30. The molecule has 2 aromatic heterocycles. The number of hydrogen-bond acceptors (Lipinski definition) is 3. The molecule has 0 amide bonds. The summed E-state index contributed by atoms with van der Waals surface area (Å²) in [5, 5.41) is 5.43. The highest BCUT2D eigenvalue weighted by molar-refractivity contribution is 6.03. The molecule has 0 radical (unpaired) electrons. The van der Waals surface area contributed by atoms with Gasteiger partial charge in [0.25, 0.3) is 0 Å². The van der Waals surface area contributed by atoms with Crippen molar-refractivity contribution in [3.05, 3.63) is 54.7 Å². The van der Waals surface area contributed by atoms with E-state index in [2.05, 4.69) is 46.1 Å². The smallest absolute Gasteiger partial charge is 0.126 e. The molecule has 0 aliphatic heterocycles. The van der Waals surface area contributed by atoms with Crippen molar-refractivity contribution in [1.29, 1.82) is 0 Å². The summed E-state index contributed by atoms with van der Waals surface area (Å²) in [6, 6.07) is 12.3. The van der Waals surface area contributed by atoms with Crippen molar-refractivity contribution in [1.82, 2.24) is 9.97 Å². The van der Waals surface area contributed by atoms with E-state index in [4.69, 9.17) is 0 Å². The summed E-state index contributed by atoms with van der Waals surface area (Å²) in [6.07, 6.45) is 1.82. The fourth-order valence-corrected chi connectivity index (χ4v) is 2.14. The van der Waals surface area contributed by atoms with Gasteiger partial charge in [0.1, 0.15) is 5.82 Å². The Hall–Kier alpha value is -2.42. The van der Waals surface area contributed by atoms with Gasteiger partial charge in [-0.1, -0.05) is 24.3 Å². The van der Waals surface area contributed by atoms with Gasteiger partial charge >= 0.3 is 0 Å². The van der Waals surface area contributed by atoms with E-state index < -0.39 is 0 Å². The van der Waals surface area contributed by atoms with E-state index in [1.54, 1.807) is 0 Å². The van der Waals surface area contributed by atoms with Crippen LogP contribution in [-0.2, 0) is 0 Å². The Labute approximate surface area is 112 Å². The second-order valence-electron chi connectivity index (χ2n) is 4.53. The highest BCUT2D eigenvalue weighted by Crippen LogP contribution is 2.23. The van der Waals surface area contributed by atoms with E-state index in [-0.39, 0.29) is 0 Å². The second kappa shape index (κ2) is 4.69. The van der Waals surface area contributed by atoms with Gasteiger partial charge in [-0.15, -0.1) is 6.58 Å². The SMILES string of the molecule is C=CCNc1ccc2ccc3ccc(C)nc3c2n1. The van der Waals surface area contributed by atoms with Gasteiger partial charge in [0, 0.05) is 23.0 Å². The third-order valence-corrected chi connectivity index (χ3v) is 3.09. The fourth-order valence-electron chi connectivity index (χ4n) is 2.14. The maximum atomic E-state index is 4.66. The molecule has 3 heteroatoms. The summed E-state index contributed by atoms with van der Waals surface area (Å²) >= 11 is 0. The van der Waals surface area contributed by atoms with Crippen molar-refractivity contribution in [2.24, 2.45) is 0 Å². The molecule has 3 nitrogen and oxygen atoms in total. The first-order valence-corrected chi connectivity index (χ1v) is 6.30. The molecular formula is C16H15N3. The third-order valence-electron chi connectivity index (χ3n) is 3.09. The number of fused-ring (bicyclic) bond motifs is 3. The number of nitrogens with zero attached hydrogens (tertiary/aromatic N) is 2. The monoisotopic (exact) mass is 249 g/mol. The number of rotatable bonds is 3. The van der Waals surface area contributed by atoms with E-state index in [0.717, 1.165) is 33.3 Å². The molecule has 19 heavy (non-hydrogen) atoms. The van der Waals surface area contributed by atoms with Crippen LogP contribution in [0.25, 0.3) is 21.8 Å². The molecule has 0 saturated carbocycles. The van der Waals surface area contributed by atoms with E-state index in [1.807, 2.05) is 25.1 Å². The molecule has 3 aromatic rings. The van der Waals surface area contributed by atoms with Gasteiger partial charge in [0.2, 0.25) is 0 Å². The van der Waals surface area contributed by atoms with Crippen LogP contribution in [0.2, 0.25) is 0 Å². The van der Waals surface area contributed by atoms with Crippen LogP contribution >= 0.6 is 0 Å². The van der Waals surface area contributed by atoms with Crippen LogP contribution in [-0.4, -0.2) is 16.5 Å². The van der Waals surface area contributed by atoms with Crippen molar-refractivity contribution in [3.8, 4) is 0 Å². The first kappa shape index (κ1) is 11.7. The molecule has 0 atom stereocenters. The number of hydrogen-bond donors (Lipinski definition) is 1. The van der Waals surface area contributed by atoms with Gasteiger partial charge in [-0.3, -0.25) is 4.98 Å². The lowest BCUT2D eigenvalue weighted by Crippen LogP contribution is -2.00. The molecule has 0 spiro atoms. The van der Waals surface area contributed by atoms with Gasteiger partial charge in [0.05, 0.1) is 11.0 Å². The highest BCUT2D eigenvalue weighted by Gasteiger charge is 2.04. The summed E-state index contributed by atoms with van der Waals surface area (Å²) in [5.74, 6) is 0.850. The molecule has 1 aromatic carbocycles. The number of nitrogens with one attached hydrogen (secondary N) is 1. The quantitative estimate of drug-likeness (QED) is 0.568. The molecular weight excluding hydrogens is 234 g/mol. The average molecular weight is 249 g/mol. The van der Waals surface area contributed by atoms with E-state index in [0.29, 0.717) is 6.54 Å². The van der Waals surface area contributed by atoms with Crippen molar-refractivity contribution < 1.29 is 0 Å². The largest absolute Gasteiger partial charge is 0.367 e.